The van der Waals surface area contributed by atoms with Gasteiger partial charge in [0.15, 0.2) is 0 Å². The van der Waals surface area contributed by atoms with Gasteiger partial charge in [-0.15, -0.1) is 0 Å². The number of hydrogen-bond acceptors (Lipinski definition) is 1. The van der Waals surface area contributed by atoms with Crippen molar-refractivity contribution in [1.29, 1.82) is 0 Å². The molecule has 0 unspecified atom stereocenters. The molecular weight excluding hydrogens is 326 g/mol. The Bertz CT molecular complexity index is 1130. The summed E-state index contributed by atoms with van der Waals surface area (Å²) in [7, 11) is 0. The van der Waals surface area contributed by atoms with Crippen LogP contribution in [-0.2, 0) is 11.8 Å². The van der Waals surface area contributed by atoms with Crippen LogP contribution in [0.3, 0.4) is 0 Å². The van der Waals surface area contributed by atoms with Crippen molar-refractivity contribution in [2.45, 2.75) is 11.8 Å². The van der Waals surface area contributed by atoms with Crippen LogP contribution in [0.25, 0.3) is 0 Å². The van der Waals surface area contributed by atoms with E-state index >= 15 is 0 Å². The number of fused-ring (bicyclic) bond motifs is 8. The van der Waals surface area contributed by atoms with Gasteiger partial charge in [-0.25, -0.2) is 0 Å². The maximum absolute atomic E-state index is 8.99. The minimum atomic E-state index is -0.414. The Kier molecular flexibility index (Phi) is 2.73. The Morgan fingerprint density at radius 1 is 0.556 bits per heavy atom. The number of anilines is 2. The summed E-state index contributed by atoms with van der Waals surface area (Å²) < 4.78 is 8.99. The van der Waals surface area contributed by atoms with Crippen LogP contribution < -0.4 is 5.32 Å². The smallest absolute Gasteiger partial charge is 0.0747 e. The van der Waals surface area contributed by atoms with Crippen molar-refractivity contribution < 1.29 is 1.37 Å². The maximum atomic E-state index is 8.99. The van der Waals surface area contributed by atoms with E-state index in [1.807, 2.05) is 0 Å². The molecule has 27 heavy (non-hydrogen) atoms. The lowest BCUT2D eigenvalue weighted by Gasteiger charge is -2.46. The standard InChI is InChI=1S/C26H19N/c1-3-11-20-18(9-1)17-19-10-2-4-12-21(19)26(20)22-13-5-7-15-24(22)27-25-16-8-6-14-23(25)26/h1-16,27H,17H2/i17D. The van der Waals surface area contributed by atoms with E-state index in [0.717, 1.165) is 22.5 Å². The molecular formula is C26H19N. The summed E-state index contributed by atoms with van der Waals surface area (Å²) in [5, 5.41) is 3.64. The van der Waals surface area contributed by atoms with Crippen molar-refractivity contribution in [2.75, 3.05) is 5.32 Å². The van der Waals surface area contributed by atoms with E-state index in [0.29, 0.717) is 0 Å². The molecule has 0 bridgehead atoms. The van der Waals surface area contributed by atoms with Crippen LogP contribution in [0.15, 0.2) is 97.1 Å². The summed E-state index contributed by atoms with van der Waals surface area (Å²) in [5.41, 5.74) is 8.97. The lowest BCUT2D eigenvalue weighted by molar-refractivity contribution is 0.700. The molecule has 1 aliphatic heterocycles. The molecule has 0 atom stereocenters. The molecule has 0 saturated carbocycles. The van der Waals surface area contributed by atoms with E-state index in [9.17, 15) is 0 Å². The number of para-hydroxylation sites is 2. The quantitative estimate of drug-likeness (QED) is 0.361. The van der Waals surface area contributed by atoms with Crippen LogP contribution in [0.1, 0.15) is 34.8 Å². The predicted octanol–water partition coefficient (Wildman–Crippen LogP) is 6.03. The van der Waals surface area contributed by atoms with Gasteiger partial charge in [0.2, 0.25) is 0 Å². The molecule has 0 aromatic heterocycles. The van der Waals surface area contributed by atoms with Crippen LogP contribution in [0.2, 0.25) is 0 Å². The largest absolute Gasteiger partial charge is 0.355 e. The molecule has 128 valence electrons. The zero-order valence-corrected chi connectivity index (χ0v) is 14.8. The molecule has 2 aliphatic rings. The Hall–Kier alpha value is -3.32. The van der Waals surface area contributed by atoms with E-state index < -0.39 is 5.41 Å². The summed E-state index contributed by atoms with van der Waals surface area (Å²) >= 11 is 0. The lowest BCUT2D eigenvalue weighted by Crippen LogP contribution is -2.39. The van der Waals surface area contributed by atoms with Gasteiger partial charge in [0, 0.05) is 12.7 Å². The Morgan fingerprint density at radius 3 is 1.48 bits per heavy atom. The topological polar surface area (TPSA) is 12.0 Å². The van der Waals surface area contributed by atoms with Crippen LogP contribution in [0.4, 0.5) is 11.4 Å². The normalized spacial score (nSPS) is 16.4. The first-order valence-corrected chi connectivity index (χ1v) is 9.39. The minimum absolute atomic E-state index is 0.368. The molecule has 4 aromatic carbocycles. The van der Waals surface area contributed by atoms with E-state index in [1.54, 1.807) is 0 Å². The van der Waals surface area contributed by atoms with E-state index in [1.165, 1.54) is 22.3 Å². The highest BCUT2D eigenvalue weighted by molar-refractivity contribution is 5.83. The fraction of sp³-hybridized carbons (Fsp3) is 0.0769. The Morgan fingerprint density at radius 2 is 0.963 bits per heavy atom. The Balaban J connectivity index is 1.86. The first-order valence-electron chi connectivity index (χ1n) is 9.96. The molecule has 0 radical (unpaired) electrons. The van der Waals surface area contributed by atoms with Gasteiger partial charge in [0.25, 0.3) is 0 Å². The average molecular weight is 346 g/mol. The second-order valence-electron chi connectivity index (χ2n) is 7.29. The van der Waals surface area contributed by atoms with E-state index in [4.69, 9.17) is 1.37 Å². The molecule has 0 saturated heterocycles. The van der Waals surface area contributed by atoms with Crippen LogP contribution in [0.5, 0.6) is 0 Å². The first-order chi connectivity index (χ1) is 13.8. The van der Waals surface area contributed by atoms with Gasteiger partial charge in [-0.05, 0) is 51.9 Å². The third-order valence-corrected chi connectivity index (χ3v) is 5.97. The van der Waals surface area contributed by atoms with Gasteiger partial charge in [-0.2, -0.15) is 0 Å². The van der Waals surface area contributed by atoms with Crippen LogP contribution in [-0.4, -0.2) is 0 Å². The molecule has 4 aromatic rings. The van der Waals surface area contributed by atoms with Gasteiger partial charge in [0.05, 0.1) is 5.41 Å². The second kappa shape index (κ2) is 5.34. The monoisotopic (exact) mass is 346 g/mol. The fourth-order valence-electron chi connectivity index (χ4n) is 4.95. The highest BCUT2D eigenvalue weighted by Gasteiger charge is 2.47. The van der Waals surface area contributed by atoms with Crippen molar-refractivity contribution >= 4 is 11.4 Å². The third-order valence-electron chi connectivity index (χ3n) is 5.97. The molecule has 1 spiro atoms. The number of rotatable bonds is 0. The van der Waals surface area contributed by atoms with Gasteiger partial charge in [0.1, 0.15) is 0 Å². The second-order valence-corrected chi connectivity index (χ2v) is 7.29. The van der Waals surface area contributed by atoms with Crippen LogP contribution >= 0.6 is 0 Å². The summed E-state index contributed by atoms with van der Waals surface area (Å²) in [6, 6.07) is 34.2. The molecule has 1 N–H and O–H groups in total. The number of hydrogen-bond donors (Lipinski definition) is 1. The SMILES string of the molecule is [2H]C1c2ccccc2C2(c3ccccc3Nc3ccccc32)c2ccccc21. The highest BCUT2D eigenvalue weighted by Crippen LogP contribution is 2.56. The summed E-state index contributed by atoms with van der Waals surface area (Å²) in [6.45, 7) is 0. The van der Waals surface area contributed by atoms with Gasteiger partial charge in [-0.3, -0.25) is 0 Å². The van der Waals surface area contributed by atoms with Gasteiger partial charge in [-0.1, -0.05) is 84.9 Å². The van der Waals surface area contributed by atoms with E-state index in [2.05, 4.69) is 102 Å². The molecule has 1 heterocycles. The van der Waals surface area contributed by atoms with Gasteiger partial charge < -0.3 is 5.32 Å². The fourth-order valence-corrected chi connectivity index (χ4v) is 4.95. The predicted molar refractivity (Wildman–Crippen MR) is 111 cm³/mol. The van der Waals surface area contributed by atoms with Crippen LogP contribution in [0, 0.1) is 0 Å². The Labute approximate surface area is 160 Å². The summed E-state index contributed by atoms with van der Waals surface area (Å²) in [4.78, 5) is 0. The average Bonchev–Trinajstić information content (AvgIpc) is 2.77. The first kappa shape index (κ1) is 13.8. The third kappa shape index (κ3) is 1.84. The van der Waals surface area contributed by atoms with Crippen molar-refractivity contribution in [3.05, 3.63) is 130 Å². The molecule has 6 rings (SSSR count). The summed E-state index contributed by atoms with van der Waals surface area (Å²) in [6.07, 6.45) is -0.368. The molecule has 1 heteroatoms. The van der Waals surface area contributed by atoms with Crippen molar-refractivity contribution in [3.63, 3.8) is 0 Å². The van der Waals surface area contributed by atoms with Crippen molar-refractivity contribution in [1.82, 2.24) is 0 Å². The lowest BCUT2D eigenvalue weighted by atomic mass is 9.58. The van der Waals surface area contributed by atoms with Crippen molar-refractivity contribution in [2.24, 2.45) is 0 Å². The molecule has 1 aliphatic carbocycles. The molecule has 1 nitrogen and oxygen atoms in total. The van der Waals surface area contributed by atoms with Gasteiger partial charge >= 0.3 is 0 Å². The number of benzene rings is 4. The summed E-state index contributed by atoms with van der Waals surface area (Å²) in [5.74, 6) is 0. The molecule has 0 amide bonds. The number of nitrogens with one attached hydrogen (secondary N) is 1. The maximum Gasteiger partial charge on any atom is 0.0747 e. The van der Waals surface area contributed by atoms with E-state index in [-0.39, 0.29) is 6.40 Å². The zero-order valence-electron chi connectivity index (χ0n) is 15.8. The highest BCUT2D eigenvalue weighted by atomic mass is 14.9. The molecule has 0 fully saturated rings. The van der Waals surface area contributed by atoms with Crippen molar-refractivity contribution in [3.8, 4) is 0 Å². The zero-order chi connectivity index (χ0) is 18.7. The minimum Gasteiger partial charge on any atom is -0.355 e.